The number of nitrogens with two attached hydrogens (primary N) is 1. The fourth-order valence-corrected chi connectivity index (χ4v) is 2.58. The van der Waals surface area contributed by atoms with Gasteiger partial charge in [0, 0.05) is 31.6 Å². The highest BCUT2D eigenvalue weighted by molar-refractivity contribution is 5.78. The van der Waals surface area contributed by atoms with E-state index in [1.807, 2.05) is 6.92 Å². The summed E-state index contributed by atoms with van der Waals surface area (Å²) in [6.07, 6.45) is 4.79. The van der Waals surface area contributed by atoms with Gasteiger partial charge in [0.2, 0.25) is 5.91 Å². The van der Waals surface area contributed by atoms with E-state index in [1.165, 1.54) is 12.8 Å². The lowest BCUT2D eigenvalue weighted by molar-refractivity contribution is -0.124. The Morgan fingerprint density at radius 1 is 1.50 bits per heavy atom. The van der Waals surface area contributed by atoms with Crippen LogP contribution in [0.2, 0.25) is 0 Å². The molecule has 1 saturated carbocycles. The van der Waals surface area contributed by atoms with E-state index in [0.29, 0.717) is 6.04 Å². The van der Waals surface area contributed by atoms with E-state index >= 15 is 0 Å². The molecule has 1 fully saturated rings. The fraction of sp³-hybridized carbons (Fsp3) is 0.917. The maximum absolute atomic E-state index is 11.4. The normalized spacial score (nSPS) is 27.8. The summed E-state index contributed by atoms with van der Waals surface area (Å²) < 4.78 is 0. The van der Waals surface area contributed by atoms with Gasteiger partial charge in [-0.2, -0.15) is 0 Å². The second-order valence-electron chi connectivity index (χ2n) is 4.97. The third-order valence-corrected chi connectivity index (χ3v) is 3.60. The maximum Gasteiger partial charge on any atom is 0.223 e. The molecule has 0 spiro atoms. The van der Waals surface area contributed by atoms with Gasteiger partial charge in [0.25, 0.3) is 0 Å². The zero-order valence-electron chi connectivity index (χ0n) is 10.7. The van der Waals surface area contributed by atoms with Crippen LogP contribution in [0.3, 0.4) is 0 Å². The quantitative estimate of drug-likeness (QED) is 0.738. The Hall–Kier alpha value is -0.610. The Morgan fingerprint density at radius 3 is 2.69 bits per heavy atom. The molecule has 0 radical (unpaired) electrons. The van der Waals surface area contributed by atoms with Crippen molar-refractivity contribution in [2.45, 2.75) is 44.7 Å². The Balaban J connectivity index is 2.44. The lowest BCUT2D eigenvalue weighted by atomic mass is 9.89. The van der Waals surface area contributed by atoms with Gasteiger partial charge in [-0.3, -0.25) is 4.79 Å². The molecule has 3 unspecified atom stereocenters. The molecule has 3 N–H and O–H groups in total. The fourth-order valence-electron chi connectivity index (χ4n) is 2.58. The molecule has 0 bridgehead atoms. The Labute approximate surface area is 98.6 Å². The maximum atomic E-state index is 11.4. The highest BCUT2D eigenvalue weighted by atomic mass is 16.1. The van der Waals surface area contributed by atoms with E-state index in [4.69, 9.17) is 5.73 Å². The summed E-state index contributed by atoms with van der Waals surface area (Å²) in [6, 6.07) is 0.719. The third-order valence-electron chi connectivity index (χ3n) is 3.60. The Kier molecular flexibility index (Phi) is 5.22. The van der Waals surface area contributed by atoms with E-state index in [9.17, 15) is 4.79 Å². The molecule has 0 aromatic heterocycles. The zero-order valence-corrected chi connectivity index (χ0v) is 10.7. The minimum absolute atomic E-state index is 0.0316. The average Bonchev–Trinajstić information content (AvgIpc) is 2.28. The van der Waals surface area contributed by atoms with E-state index in [2.05, 4.69) is 17.3 Å². The highest BCUT2D eigenvalue weighted by Crippen LogP contribution is 2.21. The first-order chi connectivity index (χ1) is 7.56. The number of likely N-dealkylation sites (N-methyl/N-ethyl adjacent to an activating group) is 1. The van der Waals surface area contributed by atoms with Crippen molar-refractivity contribution in [3.8, 4) is 0 Å². The molecule has 94 valence electrons. The van der Waals surface area contributed by atoms with Crippen molar-refractivity contribution in [1.82, 2.24) is 10.2 Å². The number of carbonyl (C=O) groups is 1. The lowest BCUT2D eigenvalue weighted by Gasteiger charge is -2.37. The van der Waals surface area contributed by atoms with Crippen LogP contribution in [0.15, 0.2) is 0 Å². The molecule has 4 heteroatoms. The molecule has 1 rings (SSSR count). The van der Waals surface area contributed by atoms with Crippen LogP contribution in [0.4, 0.5) is 0 Å². The van der Waals surface area contributed by atoms with Gasteiger partial charge in [0.1, 0.15) is 0 Å². The standard InChI is InChI=1S/C12H25N3O/c1-9(12(16)14-2)8-15(3)11-7-5-4-6-10(11)13/h9-11H,4-8,13H2,1-3H3,(H,14,16). The average molecular weight is 227 g/mol. The number of nitrogens with one attached hydrogen (secondary N) is 1. The molecule has 1 amide bonds. The molecule has 1 aliphatic rings. The summed E-state index contributed by atoms with van der Waals surface area (Å²) in [7, 11) is 3.76. The Morgan fingerprint density at radius 2 is 2.12 bits per heavy atom. The first-order valence-electron chi connectivity index (χ1n) is 6.23. The number of hydrogen-bond donors (Lipinski definition) is 2. The monoisotopic (exact) mass is 227 g/mol. The summed E-state index contributed by atoms with van der Waals surface area (Å²) in [5, 5.41) is 2.69. The van der Waals surface area contributed by atoms with Crippen molar-refractivity contribution < 1.29 is 4.79 Å². The number of carbonyl (C=O) groups excluding carboxylic acids is 1. The van der Waals surface area contributed by atoms with Gasteiger partial charge in [-0.05, 0) is 19.9 Å². The second kappa shape index (κ2) is 6.21. The topological polar surface area (TPSA) is 58.4 Å². The van der Waals surface area contributed by atoms with Crippen molar-refractivity contribution in [3.05, 3.63) is 0 Å². The zero-order chi connectivity index (χ0) is 12.1. The summed E-state index contributed by atoms with van der Waals surface area (Å²) >= 11 is 0. The molecule has 0 heterocycles. The van der Waals surface area contributed by atoms with Crippen molar-refractivity contribution in [3.63, 3.8) is 0 Å². The highest BCUT2D eigenvalue weighted by Gasteiger charge is 2.27. The van der Waals surface area contributed by atoms with Crippen molar-refractivity contribution in [2.24, 2.45) is 11.7 Å². The van der Waals surface area contributed by atoms with Crippen molar-refractivity contribution >= 4 is 5.91 Å². The van der Waals surface area contributed by atoms with Gasteiger partial charge in [-0.15, -0.1) is 0 Å². The molecule has 0 saturated heterocycles. The van der Waals surface area contributed by atoms with E-state index in [0.717, 1.165) is 19.4 Å². The number of amides is 1. The number of hydrogen-bond acceptors (Lipinski definition) is 3. The van der Waals surface area contributed by atoms with E-state index < -0.39 is 0 Å². The van der Waals surface area contributed by atoms with Gasteiger partial charge in [-0.25, -0.2) is 0 Å². The number of rotatable bonds is 4. The molecular weight excluding hydrogens is 202 g/mol. The molecular formula is C12H25N3O. The molecule has 3 atom stereocenters. The summed E-state index contributed by atoms with van der Waals surface area (Å²) in [5.74, 6) is 0.139. The predicted molar refractivity (Wildman–Crippen MR) is 66.1 cm³/mol. The van der Waals surface area contributed by atoms with Crippen molar-refractivity contribution in [2.75, 3.05) is 20.6 Å². The summed E-state index contributed by atoms with van der Waals surface area (Å²) in [4.78, 5) is 13.7. The van der Waals surface area contributed by atoms with Gasteiger partial charge in [0.05, 0.1) is 0 Å². The van der Waals surface area contributed by atoms with Gasteiger partial charge in [-0.1, -0.05) is 19.8 Å². The Bertz CT molecular complexity index is 232. The molecule has 1 aliphatic carbocycles. The van der Waals surface area contributed by atoms with Crippen LogP contribution in [-0.4, -0.2) is 43.5 Å². The third kappa shape index (κ3) is 3.46. The molecule has 0 aliphatic heterocycles. The molecule has 4 nitrogen and oxygen atoms in total. The molecule has 0 aromatic rings. The number of nitrogens with zero attached hydrogens (tertiary/aromatic N) is 1. The van der Waals surface area contributed by atoms with Gasteiger partial charge >= 0.3 is 0 Å². The van der Waals surface area contributed by atoms with E-state index in [-0.39, 0.29) is 17.9 Å². The minimum Gasteiger partial charge on any atom is -0.359 e. The van der Waals surface area contributed by atoms with Crippen LogP contribution in [-0.2, 0) is 4.79 Å². The van der Waals surface area contributed by atoms with Crippen LogP contribution in [0.25, 0.3) is 0 Å². The largest absolute Gasteiger partial charge is 0.359 e. The van der Waals surface area contributed by atoms with Crippen LogP contribution in [0.1, 0.15) is 32.6 Å². The second-order valence-corrected chi connectivity index (χ2v) is 4.97. The molecule has 0 aromatic carbocycles. The summed E-state index contributed by atoms with van der Waals surface area (Å²) in [5.41, 5.74) is 6.12. The first-order valence-corrected chi connectivity index (χ1v) is 6.23. The first kappa shape index (κ1) is 13.5. The van der Waals surface area contributed by atoms with E-state index in [1.54, 1.807) is 7.05 Å². The summed E-state index contributed by atoms with van der Waals surface area (Å²) in [6.45, 7) is 2.75. The van der Waals surface area contributed by atoms with Gasteiger partial charge in [0.15, 0.2) is 0 Å². The SMILES string of the molecule is CNC(=O)C(C)CN(C)C1CCCCC1N. The van der Waals surface area contributed by atoms with Crippen LogP contribution < -0.4 is 11.1 Å². The van der Waals surface area contributed by atoms with Crippen LogP contribution in [0.5, 0.6) is 0 Å². The minimum atomic E-state index is 0.0316. The van der Waals surface area contributed by atoms with Gasteiger partial charge < -0.3 is 16.0 Å². The van der Waals surface area contributed by atoms with Crippen LogP contribution in [0, 0.1) is 5.92 Å². The smallest absolute Gasteiger partial charge is 0.223 e. The van der Waals surface area contributed by atoms with Crippen molar-refractivity contribution in [1.29, 1.82) is 0 Å². The molecule has 16 heavy (non-hydrogen) atoms. The predicted octanol–water partition coefficient (Wildman–Crippen LogP) is 0.570. The van der Waals surface area contributed by atoms with Crippen LogP contribution >= 0.6 is 0 Å². The lowest BCUT2D eigenvalue weighted by Crippen LogP contribution is -2.50.